The first-order valence-corrected chi connectivity index (χ1v) is 22.2. The maximum Gasteiger partial charge on any atom is 0.293 e. The summed E-state index contributed by atoms with van der Waals surface area (Å²) in [5.74, 6) is 7.12. The number of likely N-dealkylation sites (tertiary alicyclic amines) is 1. The molecule has 1 saturated heterocycles. The SMILES string of the molecule is Cc1c(C(=O)NCCN2CCCC2)c(-c2cccc(C#Cc3ccc(NS(=O)c4ccc(NCCSc5ccccc5)c([N+](=O)[O-])c4)cc3)c2)c(-c2ccc(Cl)cc2)n1C. The predicted octanol–water partition coefficient (Wildman–Crippen LogP) is 9.79. The van der Waals surface area contributed by atoms with Gasteiger partial charge in [0.2, 0.25) is 0 Å². The van der Waals surface area contributed by atoms with Gasteiger partial charge in [-0.15, -0.1) is 11.8 Å². The number of nitro groups is 1. The van der Waals surface area contributed by atoms with Gasteiger partial charge in [-0.1, -0.05) is 65.9 Å². The van der Waals surface area contributed by atoms with Crippen molar-refractivity contribution >= 4 is 57.3 Å². The van der Waals surface area contributed by atoms with Crippen LogP contribution in [0.25, 0.3) is 22.4 Å². The number of hydrogen-bond acceptors (Lipinski definition) is 7. The van der Waals surface area contributed by atoms with E-state index in [2.05, 4.69) is 36.7 Å². The molecule has 5 aromatic carbocycles. The van der Waals surface area contributed by atoms with Crippen LogP contribution in [0.2, 0.25) is 5.02 Å². The van der Waals surface area contributed by atoms with Crippen LogP contribution in [0.15, 0.2) is 131 Å². The number of rotatable bonds is 15. The van der Waals surface area contributed by atoms with E-state index in [1.165, 1.54) is 18.9 Å². The highest BCUT2D eigenvalue weighted by Gasteiger charge is 2.26. The summed E-state index contributed by atoms with van der Waals surface area (Å²) < 4.78 is 18.3. The molecule has 0 saturated carbocycles. The first-order chi connectivity index (χ1) is 29.1. The molecule has 2 heterocycles. The first kappa shape index (κ1) is 42.3. The maximum atomic E-state index is 13.9. The average molecular weight is 858 g/mol. The van der Waals surface area contributed by atoms with E-state index in [0.717, 1.165) is 69.5 Å². The molecule has 3 N–H and O–H groups in total. The van der Waals surface area contributed by atoms with Crippen LogP contribution in [0, 0.1) is 28.9 Å². The Kier molecular flexibility index (Phi) is 14.1. The minimum Gasteiger partial charge on any atom is -0.379 e. The molecule has 1 aromatic heterocycles. The van der Waals surface area contributed by atoms with Gasteiger partial charge in [0.15, 0.2) is 11.0 Å². The molecule has 13 heteroatoms. The van der Waals surface area contributed by atoms with Gasteiger partial charge in [-0.05, 0) is 117 Å². The molecule has 0 aliphatic carbocycles. The third-order valence-electron chi connectivity index (χ3n) is 10.4. The fourth-order valence-electron chi connectivity index (χ4n) is 7.21. The highest BCUT2D eigenvalue weighted by molar-refractivity contribution is 7.99. The molecule has 1 aliphatic rings. The summed E-state index contributed by atoms with van der Waals surface area (Å²) in [4.78, 5) is 29.2. The smallest absolute Gasteiger partial charge is 0.293 e. The zero-order valence-electron chi connectivity index (χ0n) is 33.4. The Morgan fingerprint density at radius 3 is 2.33 bits per heavy atom. The minimum atomic E-state index is -1.75. The molecule has 0 spiro atoms. The lowest BCUT2D eigenvalue weighted by Crippen LogP contribution is -2.33. The van der Waals surface area contributed by atoms with Gasteiger partial charge < -0.3 is 24.8 Å². The van der Waals surface area contributed by atoms with Crippen molar-refractivity contribution < 1.29 is 13.9 Å². The van der Waals surface area contributed by atoms with Crippen LogP contribution < -0.4 is 15.4 Å². The molecular formula is C47H45ClN6O4S2. The fourth-order valence-corrected chi connectivity index (χ4v) is 9.01. The average Bonchev–Trinajstić information content (AvgIpc) is 3.88. The van der Waals surface area contributed by atoms with E-state index in [1.807, 2.05) is 105 Å². The third kappa shape index (κ3) is 10.5. The van der Waals surface area contributed by atoms with Crippen molar-refractivity contribution in [1.82, 2.24) is 14.8 Å². The van der Waals surface area contributed by atoms with Crippen molar-refractivity contribution in [2.45, 2.75) is 29.6 Å². The van der Waals surface area contributed by atoms with Crippen LogP contribution in [-0.4, -0.2) is 63.0 Å². The Balaban J connectivity index is 1.05. The molecule has 1 fully saturated rings. The number of carbonyl (C=O) groups excluding carboxylic acids is 1. The molecule has 10 nitrogen and oxygen atoms in total. The number of benzene rings is 5. The molecule has 0 bridgehead atoms. The molecule has 0 radical (unpaired) electrons. The lowest BCUT2D eigenvalue weighted by Gasteiger charge is -2.15. The normalized spacial score (nSPS) is 13.0. The number of nitro benzene ring substituents is 1. The number of hydrogen-bond donors (Lipinski definition) is 3. The van der Waals surface area contributed by atoms with Crippen molar-refractivity contribution in [1.29, 1.82) is 0 Å². The number of aromatic nitrogens is 1. The van der Waals surface area contributed by atoms with Gasteiger partial charge in [0.1, 0.15) is 5.69 Å². The minimum absolute atomic E-state index is 0.111. The highest BCUT2D eigenvalue weighted by atomic mass is 35.5. The third-order valence-corrected chi connectivity index (χ3v) is 12.7. The summed E-state index contributed by atoms with van der Waals surface area (Å²) in [5.41, 5.74) is 7.36. The van der Waals surface area contributed by atoms with Crippen molar-refractivity contribution in [2.24, 2.45) is 7.05 Å². The zero-order chi connectivity index (χ0) is 42.0. The Morgan fingerprint density at radius 2 is 1.60 bits per heavy atom. The first-order valence-electron chi connectivity index (χ1n) is 19.7. The van der Waals surface area contributed by atoms with Gasteiger partial charge >= 0.3 is 0 Å². The van der Waals surface area contributed by atoms with Gasteiger partial charge in [0.05, 0.1) is 21.1 Å². The second kappa shape index (κ2) is 19.9. The fraction of sp³-hybridized carbons (Fsp3) is 0.213. The largest absolute Gasteiger partial charge is 0.379 e. The number of carbonyl (C=O) groups is 1. The molecule has 306 valence electrons. The van der Waals surface area contributed by atoms with E-state index in [-0.39, 0.29) is 16.5 Å². The summed E-state index contributed by atoms with van der Waals surface area (Å²) >= 11 is 7.93. The number of nitrogens with zero attached hydrogens (tertiary/aromatic N) is 3. The summed E-state index contributed by atoms with van der Waals surface area (Å²) in [6.07, 6.45) is 2.40. The van der Waals surface area contributed by atoms with Crippen molar-refractivity contribution in [2.75, 3.05) is 48.5 Å². The monoisotopic (exact) mass is 856 g/mol. The van der Waals surface area contributed by atoms with E-state index in [4.69, 9.17) is 11.6 Å². The molecule has 1 aliphatic heterocycles. The van der Waals surface area contributed by atoms with Crippen LogP contribution in [0.5, 0.6) is 0 Å². The molecule has 60 heavy (non-hydrogen) atoms. The van der Waals surface area contributed by atoms with Crippen molar-refractivity contribution in [3.63, 3.8) is 0 Å². The number of anilines is 2. The number of amides is 1. The van der Waals surface area contributed by atoms with E-state index in [0.29, 0.717) is 35.1 Å². The van der Waals surface area contributed by atoms with Gasteiger partial charge in [0.25, 0.3) is 11.6 Å². The van der Waals surface area contributed by atoms with Gasteiger partial charge in [0, 0.05) is 76.5 Å². The van der Waals surface area contributed by atoms with Gasteiger partial charge in [-0.3, -0.25) is 14.9 Å². The summed E-state index contributed by atoms with van der Waals surface area (Å²) in [5, 5.41) is 18.9. The lowest BCUT2D eigenvalue weighted by atomic mass is 9.95. The van der Waals surface area contributed by atoms with Crippen molar-refractivity contribution in [3.8, 4) is 34.2 Å². The quantitative estimate of drug-likeness (QED) is 0.0309. The highest BCUT2D eigenvalue weighted by Crippen LogP contribution is 2.39. The second-order valence-electron chi connectivity index (χ2n) is 14.4. The summed E-state index contributed by atoms with van der Waals surface area (Å²) in [6.45, 7) is 6.03. The van der Waals surface area contributed by atoms with Crippen LogP contribution in [0.1, 0.15) is 40.0 Å². The van der Waals surface area contributed by atoms with E-state index >= 15 is 0 Å². The molecule has 1 amide bonds. The standard InChI is InChI=1S/C47H45ClN6O4S2/c1-33-44(47(55)50-25-29-53-27-6-7-28-53)45(46(52(33)2)36-17-19-38(48)20-18-36)37-10-8-9-35(31-37)14-13-34-15-21-39(22-16-34)51-60(58)41-23-24-42(43(32-41)54(56)57)49-26-30-59-40-11-4-3-5-12-40/h3-5,8-12,15-24,31-32,49,51H,6-7,25-30H2,1-2H3,(H,50,55). The number of halogens is 1. The topological polar surface area (TPSA) is 122 Å². The molecule has 7 rings (SSSR count). The lowest BCUT2D eigenvalue weighted by molar-refractivity contribution is -0.384. The van der Waals surface area contributed by atoms with E-state index < -0.39 is 15.9 Å². The summed E-state index contributed by atoms with van der Waals surface area (Å²) in [7, 11) is 0.231. The summed E-state index contributed by atoms with van der Waals surface area (Å²) in [6, 6.07) is 37.2. The Hall–Kier alpha value is -5.84. The molecular weight excluding hydrogens is 812 g/mol. The molecule has 1 unspecified atom stereocenters. The van der Waals surface area contributed by atoms with E-state index in [9.17, 15) is 19.1 Å². The maximum absolute atomic E-state index is 13.9. The second-order valence-corrected chi connectivity index (χ2v) is 17.2. The number of thioether (sulfide) groups is 1. The Morgan fingerprint density at radius 1 is 0.867 bits per heavy atom. The number of nitrogens with one attached hydrogen (secondary N) is 3. The molecule has 1 atom stereocenters. The molecule has 6 aromatic rings. The van der Waals surface area contributed by atoms with Gasteiger partial charge in [-0.25, -0.2) is 4.21 Å². The van der Waals surface area contributed by atoms with Crippen LogP contribution >= 0.6 is 23.4 Å². The van der Waals surface area contributed by atoms with Crippen LogP contribution in [-0.2, 0) is 18.0 Å². The predicted molar refractivity (Wildman–Crippen MR) is 245 cm³/mol. The van der Waals surface area contributed by atoms with Gasteiger partial charge in [-0.2, -0.15) is 0 Å². The van der Waals surface area contributed by atoms with Crippen LogP contribution in [0.3, 0.4) is 0 Å². The zero-order valence-corrected chi connectivity index (χ0v) is 35.8. The van der Waals surface area contributed by atoms with Crippen LogP contribution in [0.4, 0.5) is 17.1 Å². The Bertz CT molecular complexity index is 2560. The van der Waals surface area contributed by atoms with Crippen molar-refractivity contribution in [3.05, 3.63) is 159 Å². The van der Waals surface area contributed by atoms with E-state index in [1.54, 1.807) is 36.0 Å². The Labute approximate surface area is 362 Å².